The number of ether oxygens (including phenoxy) is 1. The van der Waals surface area contributed by atoms with Crippen LogP contribution < -0.4 is 4.90 Å². The Bertz CT molecular complexity index is 779. The lowest BCUT2D eigenvalue weighted by Crippen LogP contribution is -2.40. The van der Waals surface area contributed by atoms with Crippen LogP contribution in [0.1, 0.15) is 32.4 Å². The Morgan fingerprint density at radius 2 is 1.92 bits per heavy atom. The first-order valence-corrected chi connectivity index (χ1v) is 8.61. The van der Waals surface area contributed by atoms with Gasteiger partial charge in [-0.2, -0.15) is 0 Å². The Labute approximate surface area is 158 Å². The van der Waals surface area contributed by atoms with E-state index in [4.69, 9.17) is 4.74 Å². The molecule has 26 heavy (non-hydrogen) atoms. The Kier molecular flexibility index (Phi) is 6.30. The van der Waals surface area contributed by atoms with Crippen molar-refractivity contribution < 1.29 is 23.4 Å². The van der Waals surface area contributed by atoms with Crippen molar-refractivity contribution in [1.82, 2.24) is 4.98 Å². The lowest BCUT2D eigenvalue weighted by atomic mass is 10.1. The maximum absolute atomic E-state index is 14.3. The maximum atomic E-state index is 14.3. The Morgan fingerprint density at radius 3 is 2.50 bits per heavy atom. The van der Waals surface area contributed by atoms with Crippen LogP contribution in [0.25, 0.3) is 0 Å². The summed E-state index contributed by atoms with van der Waals surface area (Å²) in [6.45, 7) is 4.75. The zero-order valence-electron chi connectivity index (χ0n) is 14.5. The number of rotatable bonds is 4. The number of aromatic nitrogens is 1. The number of halogens is 3. The molecule has 1 amide bonds. The number of aliphatic hydroxyl groups is 1. The smallest absolute Gasteiger partial charge is 0.415 e. The summed E-state index contributed by atoms with van der Waals surface area (Å²) in [5.41, 5.74) is -0.521. The summed E-state index contributed by atoms with van der Waals surface area (Å²) in [6, 6.07) is 6.49. The summed E-state index contributed by atoms with van der Waals surface area (Å²) in [5.74, 6) is -1.19. The lowest BCUT2D eigenvalue weighted by Gasteiger charge is -2.29. The minimum atomic E-state index is -1.17. The van der Waals surface area contributed by atoms with Crippen LogP contribution in [-0.4, -0.2) is 28.3 Å². The second-order valence-corrected chi connectivity index (χ2v) is 7.43. The van der Waals surface area contributed by atoms with E-state index < -0.39 is 29.4 Å². The highest BCUT2D eigenvalue weighted by Crippen LogP contribution is 2.27. The van der Waals surface area contributed by atoms with Crippen LogP contribution in [0.2, 0.25) is 0 Å². The van der Waals surface area contributed by atoms with Crippen LogP contribution in [0.15, 0.2) is 41.1 Å². The molecule has 1 aromatic carbocycles. The molecule has 5 nitrogen and oxygen atoms in total. The average Bonchev–Trinajstić information content (AvgIpc) is 2.54. The highest BCUT2D eigenvalue weighted by Gasteiger charge is 2.28. The van der Waals surface area contributed by atoms with Crippen molar-refractivity contribution in [1.29, 1.82) is 0 Å². The van der Waals surface area contributed by atoms with Crippen LogP contribution >= 0.6 is 15.9 Å². The summed E-state index contributed by atoms with van der Waals surface area (Å²) >= 11 is 3.13. The summed E-state index contributed by atoms with van der Waals surface area (Å²) in [7, 11) is 0. The van der Waals surface area contributed by atoms with Gasteiger partial charge in [-0.3, -0.25) is 4.90 Å². The molecule has 0 aliphatic carbocycles. The molecule has 0 unspecified atom stereocenters. The maximum Gasteiger partial charge on any atom is 0.415 e. The molecule has 0 fully saturated rings. The molecule has 1 heterocycles. The van der Waals surface area contributed by atoms with Crippen molar-refractivity contribution in [3.8, 4) is 0 Å². The van der Waals surface area contributed by atoms with E-state index in [1.807, 2.05) is 0 Å². The van der Waals surface area contributed by atoms with Gasteiger partial charge in [0, 0.05) is 0 Å². The van der Waals surface area contributed by atoms with Crippen molar-refractivity contribution >= 4 is 27.7 Å². The quantitative estimate of drug-likeness (QED) is 0.722. The first-order valence-electron chi connectivity index (χ1n) is 7.82. The van der Waals surface area contributed by atoms with Gasteiger partial charge >= 0.3 is 6.09 Å². The molecule has 0 radical (unpaired) electrons. The predicted molar refractivity (Wildman–Crippen MR) is 96.8 cm³/mol. The van der Waals surface area contributed by atoms with Gasteiger partial charge in [0.2, 0.25) is 0 Å². The summed E-state index contributed by atoms with van der Waals surface area (Å²) < 4.78 is 33.0. The van der Waals surface area contributed by atoms with Crippen molar-refractivity contribution in [2.45, 2.75) is 32.5 Å². The van der Waals surface area contributed by atoms with Gasteiger partial charge in [-0.25, -0.2) is 18.6 Å². The van der Waals surface area contributed by atoms with E-state index in [1.54, 1.807) is 20.8 Å². The van der Waals surface area contributed by atoms with Crippen LogP contribution in [0, 0.1) is 11.6 Å². The molecule has 2 aromatic rings. The number of pyridine rings is 1. The van der Waals surface area contributed by atoms with Crippen LogP contribution in [0.5, 0.6) is 0 Å². The molecular weight excluding hydrogens is 410 g/mol. The number of hydrogen-bond acceptors (Lipinski definition) is 4. The fraction of sp³-hybridized carbons (Fsp3) is 0.333. The number of aliphatic hydroxyl groups excluding tert-OH is 1. The Hall–Kier alpha value is -2.06. The highest BCUT2D eigenvalue weighted by molar-refractivity contribution is 9.10. The van der Waals surface area contributed by atoms with Crippen molar-refractivity contribution in [2.75, 3.05) is 11.4 Å². The zero-order valence-corrected chi connectivity index (χ0v) is 16.1. The number of nitrogens with zero attached hydrogens (tertiary/aromatic N) is 2. The molecule has 0 spiro atoms. The van der Waals surface area contributed by atoms with Gasteiger partial charge in [-0.15, -0.1) is 0 Å². The van der Waals surface area contributed by atoms with Crippen LogP contribution in [0.4, 0.5) is 19.3 Å². The van der Waals surface area contributed by atoms with Gasteiger partial charge in [0.15, 0.2) is 5.82 Å². The molecule has 0 saturated carbocycles. The van der Waals surface area contributed by atoms with Gasteiger partial charge < -0.3 is 9.84 Å². The van der Waals surface area contributed by atoms with E-state index >= 15 is 0 Å². The minimum Gasteiger partial charge on any atom is -0.443 e. The van der Waals surface area contributed by atoms with Crippen molar-refractivity contribution in [2.24, 2.45) is 0 Å². The molecule has 0 bridgehead atoms. The van der Waals surface area contributed by atoms with Crippen LogP contribution in [-0.2, 0) is 4.74 Å². The van der Waals surface area contributed by atoms with E-state index in [-0.39, 0.29) is 12.2 Å². The fourth-order valence-corrected chi connectivity index (χ4v) is 2.48. The molecule has 0 aliphatic rings. The number of benzene rings is 1. The van der Waals surface area contributed by atoms with E-state index in [1.165, 1.54) is 30.3 Å². The van der Waals surface area contributed by atoms with Gasteiger partial charge in [-0.1, -0.05) is 12.1 Å². The molecule has 1 aromatic heterocycles. The SMILES string of the molecule is CC(C)(C)OC(=O)N(C[C@H](O)c1ccc(F)cc1)c1cc(Br)ncc1F. The van der Waals surface area contributed by atoms with E-state index in [9.17, 15) is 18.7 Å². The molecule has 0 aliphatic heterocycles. The molecular formula is C18H19BrF2N2O3. The van der Waals surface area contributed by atoms with Gasteiger partial charge in [0.1, 0.15) is 16.0 Å². The highest BCUT2D eigenvalue weighted by atomic mass is 79.9. The monoisotopic (exact) mass is 428 g/mol. The van der Waals surface area contributed by atoms with Gasteiger partial charge in [0.25, 0.3) is 0 Å². The summed E-state index contributed by atoms with van der Waals surface area (Å²) in [4.78, 5) is 17.3. The number of carbonyl (C=O) groups excluding carboxylic acids is 1. The third kappa shape index (κ3) is 5.47. The first kappa shape index (κ1) is 20.3. The number of carbonyl (C=O) groups is 1. The summed E-state index contributed by atoms with van der Waals surface area (Å²) in [5, 5.41) is 10.4. The molecule has 140 valence electrons. The zero-order chi connectivity index (χ0) is 19.5. The summed E-state index contributed by atoms with van der Waals surface area (Å²) in [6.07, 6.45) is -1.04. The van der Waals surface area contributed by atoms with Crippen molar-refractivity contribution in [3.63, 3.8) is 0 Å². The van der Waals surface area contributed by atoms with Gasteiger partial charge in [0.05, 0.1) is 24.5 Å². The first-order chi connectivity index (χ1) is 12.1. The molecule has 1 N–H and O–H groups in total. The molecule has 1 atom stereocenters. The molecule has 2 rings (SSSR count). The Balaban J connectivity index is 2.35. The number of anilines is 1. The minimum absolute atomic E-state index is 0.0951. The van der Waals surface area contributed by atoms with Gasteiger partial charge in [-0.05, 0) is 60.5 Å². The largest absolute Gasteiger partial charge is 0.443 e. The Morgan fingerprint density at radius 1 is 1.31 bits per heavy atom. The number of hydrogen-bond donors (Lipinski definition) is 1. The lowest BCUT2D eigenvalue weighted by molar-refractivity contribution is 0.0554. The second-order valence-electron chi connectivity index (χ2n) is 6.62. The third-order valence-electron chi connectivity index (χ3n) is 3.32. The van der Waals surface area contributed by atoms with E-state index in [2.05, 4.69) is 20.9 Å². The standard InChI is InChI=1S/C18H19BrF2N2O3/c1-18(2,3)26-17(25)23(14-8-16(19)22-9-13(14)21)10-15(24)11-4-6-12(20)7-5-11/h4-9,15,24H,10H2,1-3H3/t15-/m0/s1. The number of amides is 1. The van der Waals surface area contributed by atoms with Crippen LogP contribution in [0.3, 0.4) is 0 Å². The topological polar surface area (TPSA) is 62.7 Å². The molecule has 8 heteroatoms. The second kappa shape index (κ2) is 8.09. The fourth-order valence-electron chi connectivity index (χ4n) is 2.16. The normalized spacial score (nSPS) is 12.6. The predicted octanol–water partition coefficient (Wildman–Crippen LogP) is 4.60. The van der Waals surface area contributed by atoms with Crippen molar-refractivity contribution in [3.05, 3.63) is 58.3 Å². The van der Waals surface area contributed by atoms with E-state index in [0.29, 0.717) is 10.2 Å². The van der Waals surface area contributed by atoms with E-state index in [0.717, 1.165) is 11.1 Å². The molecule has 0 saturated heterocycles. The third-order valence-corrected chi connectivity index (χ3v) is 3.75. The average molecular weight is 429 g/mol.